The Morgan fingerprint density at radius 2 is 1.82 bits per heavy atom. The molecule has 1 saturated heterocycles. The fraction of sp³-hybridized carbons (Fsp3) is 0.562. The van der Waals surface area contributed by atoms with Crippen molar-refractivity contribution >= 4 is 18.5 Å². The normalized spacial score (nSPS) is 22.6. The Morgan fingerprint density at radius 1 is 1.23 bits per heavy atom. The lowest BCUT2D eigenvalue weighted by Gasteiger charge is -2.32. The molecule has 6 heteroatoms. The van der Waals surface area contributed by atoms with Crippen molar-refractivity contribution in [2.45, 2.75) is 57.8 Å². The highest BCUT2D eigenvalue weighted by Gasteiger charge is 2.51. The Balaban J connectivity index is 1.89. The van der Waals surface area contributed by atoms with Crippen molar-refractivity contribution in [2.24, 2.45) is 5.73 Å². The van der Waals surface area contributed by atoms with Crippen LogP contribution in [0.15, 0.2) is 18.2 Å². The first-order valence-electron chi connectivity index (χ1n) is 7.66. The number of primary amides is 1. The maximum absolute atomic E-state index is 11.7. The van der Waals surface area contributed by atoms with Crippen LogP contribution in [-0.2, 0) is 9.31 Å². The molecule has 2 aliphatic rings. The van der Waals surface area contributed by atoms with Crippen molar-refractivity contribution in [3.63, 3.8) is 0 Å². The molecule has 0 bridgehead atoms. The Morgan fingerprint density at radius 3 is 2.32 bits per heavy atom. The fourth-order valence-electron chi connectivity index (χ4n) is 2.33. The highest BCUT2D eigenvalue weighted by Crippen LogP contribution is 2.37. The topological polar surface area (TPSA) is 70.8 Å². The summed E-state index contributed by atoms with van der Waals surface area (Å²) in [6.07, 6.45) is 2.26. The second-order valence-electron chi connectivity index (χ2n) is 7.03. The lowest BCUT2D eigenvalue weighted by atomic mass is 9.78. The zero-order valence-electron chi connectivity index (χ0n) is 13.5. The lowest BCUT2D eigenvalue weighted by Crippen LogP contribution is -2.41. The third kappa shape index (κ3) is 2.73. The minimum absolute atomic E-state index is 0.209. The number of hydrogen-bond donors (Lipinski definition) is 1. The third-order valence-corrected chi connectivity index (χ3v) is 4.61. The van der Waals surface area contributed by atoms with Gasteiger partial charge in [0.2, 0.25) is 0 Å². The Labute approximate surface area is 131 Å². The van der Waals surface area contributed by atoms with Crippen LogP contribution in [0, 0.1) is 0 Å². The van der Waals surface area contributed by atoms with Crippen LogP contribution in [0.2, 0.25) is 0 Å². The van der Waals surface area contributed by atoms with E-state index in [0.717, 1.165) is 18.3 Å². The van der Waals surface area contributed by atoms with Gasteiger partial charge in [0.25, 0.3) is 5.91 Å². The summed E-state index contributed by atoms with van der Waals surface area (Å²) in [5.74, 6) is 0.0317. The maximum Gasteiger partial charge on any atom is 0.494 e. The molecule has 1 saturated carbocycles. The van der Waals surface area contributed by atoms with E-state index in [0.29, 0.717) is 11.3 Å². The minimum Gasteiger partial charge on any atom is -0.490 e. The zero-order valence-corrected chi connectivity index (χ0v) is 13.5. The summed E-state index contributed by atoms with van der Waals surface area (Å²) in [5, 5.41) is 0. The van der Waals surface area contributed by atoms with Crippen molar-refractivity contribution in [2.75, 3.05) is 0 Å². The fourth-order valence-corrected chi connectivity index (χ4v) is 2.33. The van der Waals surface area contributed by atoms with Gasteiger partial charge in [0.15, 0.2) is 0 Å². The molecule has 22 heavy (non-hydrogen) atoms. The molecule has 3 rings (SSSR count). The molecule has 5 nitrogen and oxygen atoms in total. The van der Waals surface area contributed by atoms with Gasteiger partial charge >= 0.3 is 7.12 Å². The summed E-state index contributed by atoms with van der Waals surface area (Å²) in [6, 6.07) is 5.35. The predicted octanol–water partition coefficient (Wildman–Crippen LogP) is 1.63. The third-order valence-electron chi connectivity index (χ3n) is 4.61. The van der Waals surface area contributed by atoms with Gasteiger partial charge in [-0.15, -0.1) is 0 Å². The number of benzene rings is 1. The summed E-state index contributed by atoms with van der Waals surface area (Å²) in [7, 11) is -0.516. The molecular weight excluding hydrogens is 281 g/mol. The number of carbonyl (C=O) groups is 1. The molecule has 1 heterocycles. The molecule has 1 amide bonds. The molecule has 2 fully saturated rings. The molecule has 1 aromatic rings. The number of hydrogen-bond acceptors (Lipinski definition) is 4. The summed E-state index contributed by atoms with van der Waals surface area (Å²) < 4.78 is 17.7. The van der Waals surface area contributed by atoms with Crippen LogP contribution in [0.1, 0.15) is 50.9 Å². The van der Waals surface area contributed by atoms with Gasteiger partial charge in [0, 0.05) is 0 Å². The molecule has 1 aliphatic carbocycles. The number of nitrogens with two attached hydrogens (primary N) is 1. The van der Waals surface area contributed by atoms with Crippen LogP contribution in [0.25, 0.3) is 0 Å². The van der Waals surface area contributed by atoms with Gasteiger partial charge in [0.05, 0.1) is 22.9 Å². The van der Waals surface area contributed by atoms with Crippen LogP contribution >= 0.6 is 0 Å². The highest BCUT2D eigenvalue weighted by molar-refractivity contribution is 6.62. The van der Waals surface area contributed by atoms with E-state index in [9.17, 15) is 4.79 Å². The summed E-state index contributed by atoms with van der Waals surface area (Å²) >= 11 is 0. The highest BCUT2D eigenvalue weighted by atomic mass is 16.7. The molecule has 118 valence electrons. The molecular formula is C16H22BNO4. The molecule has 2 N–H and O–H groups in total. The van der Waals surface area contributed by atoms with Crippen LogP contribution in [-0.4, -0.2) is 30.3 Å². The van der Waals surface area contributed by atoms with Gasteiger partial charge in [-0.1, -0.05) is 6.07 Å². The van der Waals surface area contributed by atoms with Crippen molar-refractivity contribution in [1.82, 2.24) is 0 Å². The van der Waals surface area contributed by atoms with Crippen molar-refractivity contribution in [3.05, 3.63) is 23.8 Å². The molecule has 1 aliphatic heterocycles. The maximum atomic E-state index is 11.7. The largest absolute Gasteiger partial charge is 0.494 e. The summed E-state index contributed by atoms with van der Waals surface area (Å²) in [6.45, 7) is 7.97. The SMILES string of the molecule is CC1(C)OB(c2ccc(OC3CC3)c(C(N)=O)c2)OC1(C)C. The first-order valence-corrected chi connectivity index (χ1v) is 7.66. The van der Waals surface area contributed by atoms with E-state index in [-0.39, 0.29) is 6.10 Å². The van der Waals surface area contributed by atoms with Gasteiger partial charge in [-0.05, 0) is 58.1 Å². The van der Waals surface area contributed by atoms with E-state index in [2.05, 4.69) is 0 Å². The molecule has 0 unspecified atom stereocenters. The number of ether oxygens (including phenoxy) is 1. The number of rotatable bonds is 4. The second kappa shape index (κ2) is 5.00. The average molecular weight is 303 g/mol. The second-order valence-corrected chi connectivity index (χ2v) is 7.03. The predicted molar refractivity (Wildman–Crippen MR) is 84.3 cm³/mol. The van der Waals surface area contributed by atoms with Crippen molar-refractivity contribution < 1.29 is 18.8 Å². The van der Waals surface area contributed by atoms with E-state index in [1.807, 2.05) is 33.8 Å². The summed E-state index contributed by atoms with van der Waals surface area (Å²) in [5.41, 5.74) is 5.79. The van der Waals surface area contributed by atoms with Crippen LogP contribution in [0.3, 0.4) is 0 Å². The van der Waals surface area contributed by atoms with Crippen LogP contribution in [0.4, 0.5) is 0 Å². The van der Waals surface area contributed by atoms with Gasteiger partial charge < -0.3 is 19.8 Å². The molecule has 0 aromatic heterocycles. The van der Waals surface area contributed by atoms with Gasteiger partial charge in [0.1, 0.15) is 5.75 Å². The Kier molecular flexibility index (Phi) is 3.49. The smallest absolute Gasteiger partial charge is 0.490 e. The average Bonchev–Trinajstić information content (AvgIpc) is 3.17. The number of carbonyl (C=O) groups excluding carboxylic acids is 1. The van der Waals surface area contributed by atoms with Gasteiger partial charge in [-0.3, -0.25) is 4.79 Å². The van der Waals surface area contributed by atoms with E-state index in [1.165, 1.54) is 0 Å². The minimum atomic E-state index is -0.516. The molecule has 1 aromatic carbocycles. The van der Waals surface area contributed by atoms with E-state index >= 15 is 0 Å². The van der Waals surface area contributed by atoms with E-state index in [1.54, 1.807) is 12.1 Å². The standard InChI is InChI=1S/C16H22BNO4/c1-15(2)16(3,4)22-17(21-15)10-5-8-13(20-11-6-7-11)12(9-10)14(18)19/h5,8-9,11H,6-7H2,1-4H3,(H2,18,19). The first-order chi connectivity index (χ1) is 10.2. The van der Waals surface area contributed by atoms with E-state index < -0.39 is 24.2 Å². The monoisotopic (exact) mass is 303 g/mol. The van der Waals surface area contributed by atoms with Gasteiger partial charge in [-0.25, -0.2) is 0 Å². The Bertz CT molecular complexity index is 594. The van der Waals surface area contributed by atoms with Gasteiger partial charge in [-0.2, -0.15) is 0 Å². The first kappa shape index (κ1) is 15.4. The van der Waals surface area contributed by atoms with Crippen LogP contribution < -0.4 is 15.9 Å². The van der Waals surface area contributed by atoms with Crippen molar-refractivity contribution in [1.29, 1.82) is 0 Å². The Hall–Kier alpha value is -1.53. The van der Waals surface area contributed by atoms with Crippen LogP contribution in [0.5, 0.6) is 5.75 Å². The van der Waals surface area contributed by atoms with E-state index in [4.69, 9.17) is 19.8 Å². The lowest BCUT2D eigenvalue weighted by molar-refractivity contribution is 0.00578. The number of amides is 1. The van der Waals surface area contributed by atoms with Crippen molar-refractivity contribution in [3.8, 4) is 5.75 Å². The molecule has 0 spiro atoms. The molecule has 0 atom stereocenters. The quantitative estimate of drug-likeness (QED) is 0.858. The molecule has 0 radical (unpaired) electrons. The summed E-state index contributed by atoms with van der Waals surface area (Å²) in [4.78, 5) is 11.7. The zero-order chi connectivity index (χ0) is 16.1.